The molecular formula is C13H14BrNOS. The minimum Gasteiger partial charge on any atom is -0.488 e. The second kappa shape index (κ2) is 6.19. The monoisotopic (exact) mass is 311 g/mol. The van der Waals surface area contributed by atoms with E-state index in [0.717, 1.165) is 22.2 Å². The fourth-order valence-electron chi connectivity index (χ4n) is 1.58. The van der Waals surface area contributed by atoms with Crippen LogP contribution in [-0.2, 0) is 13.0 Å². The lowest BCUT2D eigenvalue weighted by molar-refractivity contribution is 0.306. The molecule has 0 spiro atoms. The highest BCUT2D eigenvalue weighted by molar-refractivity contribution is 9.10. The van der Waals surface area contributed by atoms with Crippen LogP contribution in [0.5, 0.6) is 5.75 Å². The van der Waals surface area contributed by atoms with Crippen molar-refractivity contribution in [3.63, 3.8) is 0 Å². The van der Waals surface area contributed by atoms with Crippen molar-refractivity contribution in [1.82, 2.24) is 0 Å². The van der Waals surface area contributed by atoms with E-state index in [1.165, 1.54) is 4.88 Å². The highest BCUT2D eigenvalue weighted by Crippen LogP contribution is 2.25. The summed E-state index contributed by atoms with van der Waals surface area (Å²) in [6, 6.07) is 10.2. The van der Waals surface area contributed by atoms with Crippen LogP contribution in [0.2, 0.25) is 0 Å². The Bertz CT molecular complexity index is 470. The van der Waals surface area contributed by atoms with Gasteiger partial charge in [-0.05, 0) is 48.2 Å². The number of ether oxygens (including phenoxy) is 1. The molecule has 2 aromatic rings. The quantitative estimate of drug-likeness (QED) is 0.916. The third-order valence-electron chi connectivity index (χ3n) is 2.39. The molecule has 0 saturated carbocycles. The van der Waals surface area contributed by atoms with Crippen molar-refractivity contribution in [2.24, 2.45) is 5.73 Å². The van der Waals surface area contributed by atoms with Gasteiger partial charge in [0.05, 0.1) is 0 Å². The average Bonchev–Trinajstić information content (AvgIpc) is 2.81. The number of hydrogen-bond acceptors (Lipinski definition) is 3. The molecule has 0 fully saturated rings. The molecule has 0 aliphatic carbocycles. The van der Waals surface area contributed by atoms with Gasteiger partial charge in [-0.1, -0.05) is 22.0 Å². The van der Waals surface area contributed by atoms with Crippen molar-refractivity contribution in [2.45, 2.75) is 13.0 Å². The van der Waals surface area contributed by atoms with Crippen LogP contribution in [0.15, 0.2) is 40.2 Å². The lowest BCUT2D eigenvalue weighted by Gasteiger charge is -2.10. The largest absolute Gasteiger partial charge is 0.488 e. The van der Waals surface area contributed by atoms with Crippen LogP contribution in [0.3, 0.4) is 0 Å². The van der Waals surface area contributed by atoms with Crippen LogP contribution >= 0.6 is 27.3 Å². The molecule has 1 aromatic carbocycles. The van der Waals surface area contributed by atoms with Crippen LogP contribution in [-0.4, -0.2) is 6.54 Å². The van der Waals surface area contributed by atoms with Crippen LogP contribution in [0.4, 0.5) is 0 Å². The summed E-state index contributed by atoms with van der Waals surface area (Å²) < 4.78 is 6.88. The Hall–Kier alpha value is -0.840. The number of halogens is 1. The van der Waals surface area contributed by atoms with Crippen molar-refractivity contribution in [3.05, 3.63) is 50.6 Å². The summed E-state index contributed by atoms with van der Waals surface area (Å²) in [4.78, 5) is 1.23. The first kappa shape index (κ1) is 12.6. The summed E-state index contributed by atoms with van der Waals surface area (Å²) in [6.07, 6.45) is 0.833. The number of nitrogens with two attached hydrogens (primary N) is 1. The maximum atomic E-state index is 5.82. The second-order valence-electron chi connectivity index (χ2n) is 3.66. The Morgan fingerprint density at radius 3 is 2.88 bits per heavy atom. The minimum atomic E-state index is 0.622. The number of hydrogen-bond donors (Lipinski definition) is 1. The van der Waals surface area contributed by atoms with Gasteiger partial charge in [0.15, 0.2) is 0 Å². The molecule has 0 saturated heterocycles. The molecule has 0 atom stereocenters. The zero-order valence-corrected chi connectivity index (χ0v) is 11.8. The van der Waals surface area contributed by atoms with E-state index in [2.05, 4.69) is 33.4 Å². The van der Waals surface area contributed by atoms with Crippen molar-refractivity contribution in [1.29, 1.82) is 0 Å². The lowest BCUT2D eigenvalue weighted by Crippen LogP contribution is -2.05. The molecule has 1 aromatic heterocycles. The van der Waals surface area contributed by atoms with Gasteiger partial charge in [0, 0.05) is 9.35 Å². The maximum Gasteiger partial charge on any atom is 0.123 e. The van der Waals surface area contributed by atoms with E-state index in [4.69, 9.17) is 10.5 Å². The summed E-state index contributed by atoms with van der Waals surface area (Å²) in [5.74, 6) is 0.923. The van der Waals surface area contributed by atoms with Crippen LogP contribution in [0, 0.1) is 0 Å². The second-order valence-corrected chi connectivity index (χ2v) is 5.61. The van der Waals surface area contributed by atoms with E-state index < -0.39 is 0 Å². The Morgan fingerprint density at radius 1 is 1.29 bits per heavy atom. The van der Waals surface area contributed by atoms with Gasteiger partial charge in [0.2, 0.25) is 0 Å². The van der Waals surface area contributed by atoms with Crippen molar-refractivity contribution >= 4 is 27.3 Å². The van der Waals surface area contributed by atoms with Crippen LogP contribution < -0.4 is 10.5 Å². The van der Waals surface area contributed by atoms with Gasteiger partial charge in [0.25, 0.3) is 0 Å². The summed E-state index contributed by atoms with van der Waals surface area (Å²) in [7, 11) is 0. The van der Waals surface area contributed by atoms with E-state index in [1.807, 2.05) is 18.2 Å². The third-order valence-corrected chi connectivity index (χ3v) is 3.73. The van der Waals surface area contributed by atoms with E-state index >= 15 is 0 Å². The first-order chi connectivity index (χ1) is 8.29. The average molecular weight is 312 g/mol. The highest BCUT2D eigenvalue weighted by Gasteiger charge is 2.04. The minimum absolute atomic E-state index is 0.622. The molecule has 0 amide bonds. The molecule has 2 N–H and O–H groups in total. The molecule has 90 valence electrons. The highest BCUT2D eigenvalue weighted by atomic mass is 79.9. The molecule has 0 aliphatic rings. The molecule has 0 aliphatic heterocycles. The van der Waals surface area contributed by atoms with Gasteiger partial charge in [0.1, 0.15) is 12.4 Å². The zero-order valence-electron chi connectivity index (χ0n) is 9.36. The molecule has 0 bridgehead atoms. The Labute approximate surface area is 114 Å². The fourth-order valence-corrected chi connectivity index (χ4v) is 2.61. The Balaban J connectivity index is 2.08. The van der Waals surface area contributed by atoms with Crippen LogP contribution in [0.25, 0.3) is 0 Å². The summed E-state index contributed by atoms with van der Waals surface area (Å²) in [6.45, 7) is 1.25. The standard InChI is InChI=1S/C13H14BrNOS/c14-11-3-4-13(10(8-11)5-6-15)16-9-12-2-1-7-17-12/h1-4,7-8H,5-6,9,15H2. The molecule has 17 heavy (non-hydrogen) atoms. The first-order valence-electron chi connectivity index (χ1n) is 5.43. The Morgan fingerprint density at radius 2 is 2.18 bits per heavy atom. The van der Waals surface area contributed by atoms with Gasteiger partial charge in [-0.3, -0.25) is 0 Å². The number of rotatable bonds is 5. The SMILES string of the molecule is NCCc1cc(Br)ccc1OCc1cccs1. The predicted molar refractivity (Wildman–Crippen MR) is 75.6 cm³/mol. The molecule has 2 nitrogen and oxygen atoms in total. The molecule has 4 heteroatoms. The van der Waals surface area contributed by atoms with Crippen molar-refractivity contribution < 1.29 is 4.74 Å². The van der Waals surface area contributed by atoms with Crippen molar-refractivity contribution in [2.75, 3.05) is 6.54 Å². The summed E-state index contributed by atoms with van der Waals surface area (Å²) >= 11 is 5.17. The summed E-state index contributed by atoms with van der Waals surface area (Å²) in [5, 5.41) is 2.06. The first-order valence-corrected chi connectivity index (χ1v) is 7.10. The maximum absolute atomic E-state index is 5.82. The van der Waals surface area contributed by atoms with E-state index in [0.29, 0.717) is 13.2 Å². The van der Waals surface area contributed by atoms with Crippen molar-refractivity contribution in [3.8, 4) is 5.75 Å². The fraction of sp³-hybridized carbons (Fsp3) is 0.231. The van der Waals surface area contributed by atoms with E-state index in [-0.39, 0.29) is 0 Å². The lowest BCUT2D eigenvalue weighted by atomic mass is 10.1. The van der Waals surface area contributed by atoms with Gasteiger partial charge < -0.3 is 10.5 Å². The molecule has 0 unspecified atom stereocenters. The van der Waals surface area contributed by atoms with Gasteiger partial charge >= 0.3 is 0 Å². The zero-order chi connectivity index (χ0) is 12.1. The topological polar surface area (TPSA) is 35.2 Å². The van der Waals surface area contributed by atoms with Crippen LogP contribution in [0.1, 0.15) is 10.4 Å². The predicted octanol–water partition coefficient (Wildman–Crippen LogP) is 3.59. The smallest absolute Gasteiger partial charge is 0.123 e. The number of thiophene rings is 1. The normalized spacial score (nSPS) is 10.5. The van der Waals surface area contributed by atoms with Gasteiger partial charge in [-0.2, -0.15) is 0 Å². The van der Waals surface area contributed by atoms with E-state index in [9.17, 15) is 0 Å². The molecule has 2 rings (SSSR count). The molecule has 0 radical (unpaired) electrons. The molecule has 1 heterocycles. The van der Waals surface area contributed by atoms with Gasteiger partial charge in [-0.25, -0.2) is 0 Å². The third kappa shape index (κ3) is 3.56. The number of benzene rings is 1. The summed E-state index contributed by atoms with van der Waals surface area (Å²) in [5.41, 5.74) is 6.75. The molecular weight excluding hydrogens is 298 g/mol. The van der Waals surface area contributed by atoms with Gasteiger partial charge in [-0.15, -0.1) is 11.3 Å². The van der Waals surface area contributed by atoms with E-state index in [1.54, 1.807) is 11.3 Å². The Kier molecular flexibility index (Phi) is 4.59.